The molecular formula is C16H22N2O3. The van der Waals surface area contributed by atoms with E-state index in [-0.39, 0.29) is 17.7 Å². The number of carbonyl (C=O) groups excluding carboxylic acids is 2. The first kappa shape index (κ1) is 15.5. The van der Waals surface area contributed by atoms with Gasteiger partial charge >= 0.3 is 0 Å². The average Bonchev–Trinajstić information content (AvgIpc) is 2.34. The van der Waals surface area contributed by atoms with Gasteiger partial charge in [-0.15, -0.1) is 0 Å². The molecule has 2 amide bonds. The Bertz CT molecular complexity index is 540. The van der Waals surface area contributed by atoms with E-state index in [1.807, 2.05) is 12.1 Å². The standard InChI is InChI=1S/C16H22N2O3/c1-15(2,3)12-6-4-11(5-7-12)14(20)18-16(8-13(17)19)9-21-10-16/h4-7H,8-10H2,1-3H3,(H2,17,19)(H,18,20). The lowest BCUT2D eigenvalue weighted by Gasteiger charge is -2.41. The lowest BCUT2D eigenvalue weighted by atomic mass is 9.86. The van der Waals surface area contributed by atoms with Crippen molar-refractivity contribution in [3.63, 3.8) is 0 Å². The van der Waals surface area contributed by atoms with Gasteiger partial charge in [0.05, 0.1) is 25.2 Å². The van der Waals surface area contributed by atoms with Crippen molar-refractivity contribution < 1.29 is 14.3 Å². The van der Waals surface area contributed by atoms with Crippen LogP contribution in [0.15, 0.2) is 24.3 Å². The number of rotatable bonds is 4. The van der Waals surface area contributed by atoms with Crippen LogP contribution in [0.3, 0.4) is 0 Å². The molecule has 1 saturated heterocycles. The predicted molar refractivity (Wildman–Crippen MR) is 80.0 cm³/mol. The maximum Gasteiger partial charge on any atom is 0.251 e. The molecule has 3 N–H and O–H groups in total. The van der Waals surface area contributed by atoms with Crippen molar-refractivity contribution in [3.8, 4) is 0 Å². The lowest BCUT2D eigenvalue weighted by molar-refractivity contribution is -0.127. The van der Waals surface area contributed by atoms with E-state index in [1.54, 1.807) is 12.1 Å². The second kappa shape index (κ2) is 5.48. The lowest BCUT2D eigenvalue weighted by Crippen LogP contribution is -2.63. The van der Waals surface area contributed by atoms with Gasteiger partial charge < -0.3 is 15.8 Å². The zero-order valence-electron chi connectivity index (χ0n) is 12.7. The monoisotopic (exact) mass is 290 g/mol. The van der Waals surface area contributed by atoms with Crippen LogP contribution >= 0.6 is 0 Å². The molecule has 1 heterocycles. The minimum Gasteiger partial charge on any atom is -0.376 e. The molecule has 0 atom stereocenters. The second-order valence-corrected chi connectivity index (χ2v) is 6.70. The highest BCUT2D eigenvalue weighted by molar-refractivity contribution is 5.95. The summed E-state index contributed by atoms with van der Waals surface area (Å²) in [6, 6.07) is 7.50. The SMILES string of the molecule is CC(C)(C)c1ccc(C(=O)NC2(CC(N)=O)COC2)cc1. The predicted octanol–water partition coefficient (Wildman–Crippen LogP) is 1.36. The summed E-state index contributed by atoms with van der Waals surface area (Å²) >= 11 is 0. The number of carbonyl (C=O) groups is 2. The smallest absolute Gasteiger partial charge is 0.251 e. The quantitative estimate of drug-likeness (QED) is 0.878. The first-order valence-electron chi connectivity index (χ1n) is 7.01. The van der Waals surface area contributed by atoms with Crippen molar-refractivity contribution in [3.05, 3.63) is 35.4 Å². The van der Waals surface area contributed by atoms with Crippen molar-refractivity contribution in [2.75, 3.05) is 13.2 Å². The normalized spacial score (nSPS) is 16.9. The molecule has 0 aromatic heterocycles. The highest BCUT2D eigenvalue weighted by atomic mass is 16.5. The number of nitrogens with two attached hydrogens (primary N) is 1. The number of hydrogen-bond acceptors (Lipinski definition) is 3. The van der Waals surface area contributed by atoms with Gasteiger partial charge in [0.15, 0.2) is 0 Å². The Morgan fingerprint density at radius 2 is 1.81 bits per heavy atom. The van der Waals surface area contributed by atoms with Crippen molar-refractivity contribution in [2.45, 2.75) is 38.1 Å². The van der Waals surface area contributed by atoms with E-state index in [4.69, 9.17) is 10.5 Å². The molecule has 1 aromatic carbocycles. The minimum absolute atomic E-state index is 0.0456. The molecule has 0 radical (unpaired) electrons. The molecule has 0 aliphatic carbocycles. The summed E-state index contributed by atoms with van der Waals surface area (Å²) in [6.07, 6.45) is 0.0960. The Hall–Kier alpha value is -1.88. The van der Waals surface area contributed by atoms with Crippen LogP contribution in [0.5, 0.6) is 0 Å². The van der Waals surface area contributed by atoms with E-state index in [2.05, 4.69) is 26.1 Å². The van der Waals surface area contributed by atoms with E-state index >= 15 is 0 Å². The van der Waals surface area contributed by atoms with Crippen LogP contribution in [0, 0.1) is 0 Å². The topological polar surface area (TPSA) is 81.4 Å². The molecule has 1 aromatic rings. The summed E-state index contributed by atoms with van der Waals surface area (Å²) in [5.41, 5.74) is 6.36. The molecule has 1 aliphatic heterocycles. The van der Waals surface area contributed by atoms with Crippen LogP contribution in [0.2, 0.25) is 0 Å². The zero-order chi connectivity index (χ0) is 15.7. The van der Waals surface area contributed by atoms with Crippen LogP contribution in [-0.4, -0.2) is 30.6 Å². The maximum atomic E-state index is 12.3. The second-order valence-electron chi connectivity index (χ2n) is 6.70. The van der Waals surface area contributed by atoms with E-state index < -0.39 is 11.4 Å². The van der Waals surface area contributed by atoms with E-state index in [0.29, 0.717) is 18.8 Å². The van der Waals surface area contributed by atoms with Crippen LogP contribution in [0.4, 0.5) is 0 Å². The fraction of sp³-hybridized carbons (Fsp3) is 0.500. The molecule has 21 heavy (non-hydrogen) atoms. The van der Waals surface area contributed by atoms with Gasteiger partial charge in [-0.2, -0.15) is 0 Å². The van der Waals surface area contributed by atoms with Gasteiger partial charge in [0, 0.05) is 5.56 Å². The van der Waals surface area contributed by atoms with Crippen molar-refractivity contribution >= 4 is 11.8 Å². The van der Waals surface area contributed by atoms with Gasteiger partial charge in [-0.05, 0) is 23.1 Å². The Labute approximate surface area is 124 Å². The van der Waals surface area contributed by atoms with Gasteiger partial charge in [-0.3, -0.25) is 9.59 Å². The minimum atomic E-state index is -0.647. The average molecular weight is 290 g/mol. The fourth-order valence-electron chi connectivity index (χ4n) is 2.34. The van der Waals surface area contributed by atoms with Crippen molar-refractivity contribution in [1.29, 1.82) is 0 Å². The zero-order valence-corrected chi connectivity index (χ0v) is 12.7. The molecule has 5 heteroatoms. The molecule has 0 unspecified atom stereocenters. The third kappa shape index (κ3) is 3.61. The number of primary amides is 1. The first-order valence-corrected chi connectivity index (χ1v) is 7.01. The van der Waals surface area contributed by atoms with Crippen LogP contribution < -0.4 is 11.1 Å². The molecule has 5 nitrogen and oxygen atoms in total. The Morgan fingerprint density at radius 1 is 1.24 bits per heavy atom. The maximum absolute atomic E-state index is 12.3. The Kier molecular flexibility index (Phi) is 4.05. The van der Waals surface area contributed by atoms with E-state index in [1.165, 1.54) is 0 Å². The largest absolute Gasteiger partial charge is 0.376 e. The third-order valence-corrected chi connectivity index (χ3v) is 3.66. The van der Waals surface area contributed by atoms with Gasteiger partial charge in [0.1, 0.15) is 0 Å². The van der Waals surface area contributed by atoms with Crippen LogP contribution in [0.25, 0.3) is 0 Å². The number of nitrogens with one attached hydrogen (secondary N) is 1. The summed E-state index contributed by atoms with van der Waals surface area (Å²) < 4.78 is 5.12. The van der Waals surface area contributed by atoms with Gasteiger partial charge in [-0.25, -0.2) is 0 Å². The van der Waals surface area contributed by atoms with E-state index in [0.717, 1.165) is 5.56 Å². The van der Waals surface area contributed by atoms with Crippen LogP contribution in [0.1, 0.15) is 43.1 Å². The molecular weight excluding hydrogens is 268 g/mol. The number of benzene rings is 1. The summed E-state index contributed by atoms with van der Waals surface area (Å²) in [5, 5.41) is 2.87. The van der Waals surface area contributed by atoms with Crippen molar-refractivity contribution in [2.24, 2.45) is 5.73 Å². The molecule has 0 bridgehead atoms. The van der Waals surface area contributed by atoms with E-state index in [9.17, 15) is 9.59 Å². The molecule has 114 valence electrons. The number of amides is 2. The number of ether oxygens (including phenoxy) is 1. The third-order valence-electron chi connectivity index (χ3n) is 3.66. The Balaban J connectivity index is 2.08. The molecule has 1 aliphatic rings. The molecule has 1 fully saturated rings. The molecule has 0 spiro atoms. The molecule has 2 rings (SSSR count). The van der Waals surface area contributed by atoms with Gasteiger partial charge in [0.2, 0.25) is 5.91 Å². The van der Waals surface area contributed by atoms with Crippen molar-refractivity contribution in [1.82, 2.24) is 5.32 Å². The van der Waals surface area contributed by atoms with Gasteiger partial charge in [0.25, 0.3) is 5.91 Å². The van der Waals surface area contributed by atoms with Crippen LogP contribution in [-0.2, 0) is 14.9 Å². The molecule has 0 saturated carbocycles. The summed E-state index contributed by atoms with van der Waals surface area (Å²) in [4.78, 5) is 23.4. The number of hydrogen-bond donors (Lipinski definition) is 2. The summed E-state index contributed by atoms with van der Waals surface area (Å²) in [6.45, 7) is 7.00. The van der Waals surface area contributed by atoms with Gasteiger partial charge in [-0.1, -0.05) is 32.9 Å². The highest BCUT2D eigenvalue weighted by Gasteiger charge is 2.41. The summed E-state index contributed by atoms with van der Waals surface area (Å²) in [5.74, 6) is -0.651. The Morgan fingerprint density at radius 3 is 2.19 bits per heavy atom. The first-order chi connectivity index (χ1) is 9.72. The highest BCUT2D eigenvalue weighted by Crippen LogP contribution is 2.24. The fourth-order valence-corrected chi connectivity index (χ4v) is 2.34. The summed E-state index contributed by atoms with van der Waals surface area (Å²) in [7, 11) is 0.